The highest BCUT2D eigenvalue weighted by molar-refractivity contribution is 6.22. The second kappa shape index (κ2) is 4.31. The first-order valence-corrected chi connectivity index (χ1v) is 6.28. The van der Waals surface area contributed by atoms with E-state index in [1.807, 2.05) is 25.1 Å². The molecule has 98 valence electrons. The minimum atomic E-state index is -0.377. The van der Waals surface area contributed by atoms with E-state index in [-0.39, 0.29) is 11.1 Å². The molecule has 0 bridgehead atoms. The van der Waals surface area contributed by atoms with E-state index in [4.69, 9.17) is 20.4 Å². The van der Waals surface area contributed by atoms with Gasteiger partial charge in [-0.15, -0.1) is 11.6 Å². The number of halogens is 1. The molecule has 5 heteroatoms. The lowest BCUT2D eigenvalue weighted by Gasteiger charge is -2.06. The van der Waals surface area contributed by atoms with Gasteiger partial charge in [-0.05, 0) is 30.7 Å². The van der Waals surface area contributed by atoms with Crippen molar-refractivity contribution in [3.05, 3.63) is 58.0 Å². The summed E-state index contributed by atoms with van der Waals surface area (Å²) in [6.45, 7) is 1.87. The van der Waals surface area contributed by atoms with Crippen molar-refractivity contribution in [2.24, 2.45) is 7.05 Å². The second-order valence-electron chi connectivity index (χ2n) is 4.51. The van der Waals surface area contributed by atoms with Crippen molar-refractivity contribution in [2.75, 3.05) is 0 Å². The van der Waals surface area contributed by atoms with Crippen molar-refractivity contribution >= 4 is 22.7 Å². The predicted molar refractivity (Wildman–Crippen MR) is 72.6 cm³/mol. The van der Waals surface area contributed by atoms with Gasteiger partial charge in [0.25, 0.3) is 0 Å². The molecular weight excluding hydrogens is 266 g/mol. The van der Waals surface area contributed by atoms with Crippen molar-refractivity contribution in [3.8, 4) is 0 Å². The average Bonchev–Trinajstić information content (AvgIpc) is 2.94. The highest BCUT2D eigenvalue weighted by Gasteiger charge is 2.15. The Bertz CT molecular complexity index is 796. The first-order chi connectivity index (χ1) is 9.06. The molecule has 0 amide bonds. The van der Waals surface area contributed by atoms with E-state index in [1.54, 1.807) is 19.4 Å². The third-order valence-electron chi connectivity index (χ3n) is 3.15. The Morgan fingerprint density at radius 3 is 2.74 bits per heavy atom. The van der Waals surface area contributed by atoms with Crippen molar-refractivity contribution in [1.82, 2.24) is 4.57 Å². The fraction of sp³-hybridized carbons (Fsp3) is 0.214. The standard InChI is InChI=1S/C14H12ClNO3/c1-8-5-10(7-18-8)13(15)9-3-4-11-12(6-9)19-14(17)16(11)2/h3-7,13H,1-2H3. The summed E-state index contributed by atoms with van der Waals surface area (Å²) >= 11 is 6.41. The van der Waals surface area contributed by atoms with Gasteiger partial charge in [-0.2, -0.15) is 0 Å². The molecule has 0 radical (unpaired) electrons. The Hall–Kier alpha value is -1.94. The van der Waals surface area contributed by atoms with Crippen LogP contribution in [-0.2, 0) is 7.05 Å². The first kappa shape index (κ1) is 12.1. The fourth-order valence-electron chi connectivity index (χ4n) is 2.10. The van der Waals surface area contributed by atoms with Crippen LogP contribution in [0.3, 0.4) is 0 Å². The van der Waals surface area contributed by atoms with Gasteiger partial charge in [0.1, 0.15) is 5.76 Å². The molecule has 0 aliphatic heterocycles. The molecule has 0 spiro atoms. The highest BCUT2D eigenvalue weighted by atomic mass is 35.5. The lowest BCUT2D eigenvalue weighted by atomic mass is 10.1. The van der Waals surface area contributed by atoms with E-state index in [2.05, 4.69) is 0 Å². The van der Waals surface area contributed by atoms with Crippen molar-refractivity contribution in [2.45, 2.75) is 12.3 Å². The van der Waals surface area contributed by atoms with Gasteiger partial charge in [-0.3, -0.25) is 4.57 Å². The molecule has 0 saturated heterocycles. The Morgan fingerprint density at radius 2 is 2.05 bits per heavy atom. The van der Waals surface area contributed by atoms with Crippen LogP contribution in [0.2, 0.25) is 0 Å². The largest absolute Gasteiger partial charge is 0.469 e. The molecule has 1 atom stereocenters. The zero-order chi connectivity index (χ0) is 13.6. The van der Waals surface area contributed by atoms with E-state index in [1.165, 1.54) is 4.57 Å². The number of oxazole rings is 1. The van der Waals surface area contributed by atoms with E-state index < -0.39 is 0 Å². The maximum absolute atomic E-state index is 11.4. The van der Waals surface area contributed by atoms with Crippen LogP contribution in [0.1, 0.15) is 22.3 Å². The predicted octanol–water partition coefficient (Wildman–Crippen LogP) is 3.36. The lowest BCUT2D eigenvalue weighted by molar-refractivity contribution is 0.527. The number of alkyl halides is 1. The summed E-state index contributed by atoms with van der Waals surface area (Å²) in [6.07, 6.45) is 1.64. The van der Waals surface area contributed by atoms with Crippen LogP contribution in [0.25, 0.3) is 11.1 Å². The number of hydrogen-bond acceptors (Lipinski definition) is 3. The normalized spacial score (nSPS) is 13.0. The monoisotopic (exact) mass is 277 g/mol. The summed E-state index contributed by atoms with van der Waals surface area (Å²) in [4.78, 5) is 11.4. The molecule has 1 unspecified atom stereocenters. The van der Waals surface area contributed by atoms with Crippen LogP contribution < -0.4 is 5.76 Å². The highest BCUT2D eigenvalue weighted by Crippen LogP contribution is 2.31. The number of aromatic nitrogens is 1. The molecule has 0 aliphatic carbocycles. The van der Waals surface area contributed by atoms with Gasteiger partial charge in [0.2, 0.25) is 0 Å². The first-order valence-electron chi connectivity index (χ1n) is 5.85. The number of benzene rings is 1. The Morgan fingerprint density at radius 1 is 1.26 bits per heavy atom. The minimum absolute atomic E-state index is 0.327. The Balaban J connectivity index is 2.08. The average molecular weight is 278 g/mol. The Labute approximate surface area is 114 Å². The summed E-state index contributed by atoms with van der Waals surface area (Å²) in [5.74, 6) is 0.436. The van der Waals surface area contributed by atoms with Gasteiger partial charge in [0.15, 0.2) is 5.58 Å². The zero-order valence-electron chi connectivity index (χ0n) is 10.5. The molecule has 2 aromatic heterocycles. The summed E-state index contributed by atoms with van der Waals surface area (Å²) in [5, 5.41) is -0.327. The molecule has 1 aromatic carbocycles. The van der Waals surface area contributed by atoms with Crippen LogP contribution in [0.4, 0.5) is 0 Å². The molecule has 19 heavy (non-hydrogen) atoms. The zero-order valence-corrected chi connectivity index (χ0v) is 11.3. The minimum Gasteiger partial charge on any atom is -0.469 e. The van der Waals surface area contributed by atoms with E-state index in [9.17, 15) is 4.79 Å². The quantitative estimate of drug-likeness (QED) is 0.675. The third-order valence-corrected chi connectivity index (χ3v) is 3.66. The molecule has 4 nitrogen and oxygen atoms in total. The van der Waals surface area contributed by atoms with E-state index >= 15 is 0 Å². The number of aryl methyl sites for hydroxylation is 2. The molecular formula is C14H12ClNO3. The summed E-state index contributed by atoms with van der Waals surface area (Å²) < 4.78 is 11.9. The maximum Gasteiger partial charge on any atom is 0.419 e. The summed E-state index contributed by atoms with van der Waals surface area (Å²) in [7, 11) is 1.67. The van der Waals surface area contributed by atoms with E-state index in [0.29, 0.717) is 5.58 Å². The summed E-state index contributed by atoms with van der Waals surface area (Å²) in [5.41, 5.74) is 3.04. The van der Waals surface area contributed by atoms with E-state index in [0.717, 1.165) is 22.4 Å². The van der Waals surface area contributed by atoms with Crippen molar-refractivity contribution in [1.29, 1.82) is 0 Å². The molecule has 2 heterocycles. The lowest BCUT2D eigenvalue weighted by Crippen LogP contribution is -2.08. The molecule has 3 aromatic rings. The summed E-state index contributed by atoms with van der Waals surface area (Å²) in [6, 6.07) is 7.40. The van der Waals surface area contributed by atoms with Crippen LogP contribution in [0.15, 0.2) is 44.2 Å². The molecule has 0 N–H and O–H groups in total. The molecule has 0 aliphatic rings. The number of rotatable bonds is 2. The third kappa shape index (κ3) is 1.98. The molecule has 0 saturated carbocycles. The van der Waals surface area contributed by atoms with Gasteiger partial charge in [-0.25, -0.2) is 4.79 Å². The topological polar surface area (TPSA) is 48.3 Å². The number of nitrogens with zero attached hydrogens (tertiary/aromatic N) is 1. The van der Waals surface area contributed by atoms with Crippen LogP contribution in [0, 0.1) is 6.92 Å². The van der Waals surface area contributed by atoms with Crippen molar-refractivity contribution < 1.29 is 8.83 Å². The van der Waals surface area contributed by atoms with Gasteiger partial charge < -0.3 is 8.83 Å². The number of hydrogen-bond donors (Lipinski definition) is 0. The van der Waals surface area contributed by atoms with Gasteiger partial charge in [0, 0.05) is 12.6 Å². The fourth-order valence-corrected chi connectivity index (χ4v) is 2.35. The maximum atomic E-state index is 11.4. The number of furan rings is 1. The van der Waals surface area contributed by atoms with Crippen LogP contribution in [0.5, 0.6) is 0 Å². The van der Waals surface area contributed by atoms with Crippen molar-refractivity contribution in [3.63, 3.8) is 0 Å². The Kier molecular flexibility index (Phi) is 2.75. The smallest absolute Gasteiger partial charge is 0.419 e. The van der Waals surface area contributed by atoms with Gasteiger partial charge in [0.05, 0.1) is 17.2 Å². The van der Waals surface area contributed by atoms with Gasteiger partial charge in [-0.1, -0.05) is 6.07 Å². The molecule has 3 rings (SSSR count). The number of fused-ring (bicyclic) bond motifs is 1. The SMILES string of the molecule is Cc1cc(C(Cl)c2ccc3c(c2)oc(=O)n3C)co1. The van der Waals surface area contributed by atoms with Gasteiger partial charge >= 0.3 is 5.76 Å². The molecule has 0 fully saturated rings. The second-order valence-corrected chi connectivity index (χ2v) is 4.94. The van der Waals surface area contributed by atoms with Crippen LogP contribution >= 0.6 is 11.6 Å². The van der Waals surface area contributed by atoms with Crippen LogP contribution in [-0.4, -0.2) is 4.57 Å².